The summed E-state index contributed by atoms with van der Waals surface area (Å²) < 4.78 is 0. The van der Waals surface area contributed by atoms with Gasteiger partial charge in [-0.2, -0.15) is 0 Å². The highest BCUT2D eigenvalue weighted by Crippen LogP contribution is 2.29. The van der Waals surface area contributed by atoms with Crippen molar-refractivity contribution in [2.45, 2.75) is 38.5 Å². The van der Waals surface area contributed by atoms with E-state index in [1.807, 2.05) is 0 Å². The molecule has 3 N–H and O–H groups in total. The van der Waals surface area contributed by atoms with Crippen LogP contribution in [0.2, 0.25) is 0 Å². The third-order valence-electron chi connectivity index (χ3n) is 2.70. The van der Waals surface area contributed by atoms with Gasteiger partial charge in [-0.05, 0) is 38.6 Å². The second kappa shape index (κ2) is 6.93. The Hall–Kier alpha value is -0.650. The lowest BCUT2D eigenvalue weighted by molar-refractivity contribution is -0.116. The Balaban J connectivity index is 0.00000144. The summed E-state index contributed by atoms with van der Waals surface area (Å²) in [6.07, 6.45) is 5.86. The summed E-state index contributed by atoms with van der Waals surface area (Å²) in [6, 6.07) is 0. The lowest BCUT2D eigenvalue weighted by atomic mass is 10.0. The minimum atomic E-state index is 0. The van der Waals surface area contributed by atoms with Gasteiger partial charge in [-0.25, -0.2) is 4.98 Å². The number of hydrogen-bond acceptors (Lipinski definition) is 4. The van der Waals surface area contributed by atoms with Crippen LogP contribution in [0.1, 0.15) is 36.3 Å². The van der Waals surface area contributed by atoms with Crippen LogP contribution in [-0.2, 0) is 17.6 Å². The van der Waals surface area contributed by atoms with Gasteiger partial charge in [-0.3, -0.25) is 4.79 Å². The molecule has 0 radical (unpaired) electrons. The second-order valence-electron chi connectivity index (χ2n) is 4.04. The molecule has 1 aromatic heterocycles. The molecule has 0 aromatic carbocycles. The van der Waals surface area contributed by atoms with Crippen molar-refractivity contribution in [3.8, 4) is 0 Å². The van der Waals surface area contributed by atoms with Crippen molar-refractivity contribution in [2.24, 2.45) is 5.73 Å². The summed E-state index contributed by atoms with van der Waals surface area (Å²) in [4.78, 5) is 17.3. The first-order valence-electron chi connectivity index (χ1n) is 5.78. The van der Waals surface area contributed by atoms with E-state index in [0.29, 0.717) is 13.0 Å². The SMILES string of the molecule is Cl.NCCCC(=O)Nc1nc2c(s1)CCCC2. The van der Waals surface area contributed by atoms with E-state index in [2.05, 4.69) is 10.3 Å². The average Bonchev–Trinajstić information content (AvgIpc) is 2.68. The number of carbonyl (C=O) groups excluding carboxylic acids is 1. The van der Waals surface area contributed by atoms with E-state index in [0.717, 1.165) is 24.4 Å². The van der Waals surface area contributed by atoms with E-state index in [1.165, 1.54) is 23.4 Å². The van der Waals surface area contributed by atoms with Gasteiger partial charge in [0.25, 0.3) is 0 Å². The molecule has 96 valence electrons. The molecule has 1 aliphatic carbocycles. The van der Waals surface area contributed by atoms with Gasteiger partial charge >= 0.3 is 0 Å². The average molecular weight is 276 g/mol. The number of rotatable bonds is 4. The fourth-order valence-electron chi connectivity index (χ4n) is 1.85. The summed E-state index contributed by atoms with van der Waals surface area (Å²) in [5, 5.41) is 3.61. The summed E-state index contributed by atoms with van der Waals surface area (Å²) in [5.74, 6) is 0.0246. The molecule has 6 heteroatoms. The minimum Gasteiger partial charge on any atom is -0.330 e. The van der Waals surface area contributed by atoms with Crippen LogP contribution in [0, 0.1) is 0 Å². The molecular weight excluding hydrogens is 258 g/mol. The molecule has 17 heavy (non-hydrogen) atoms. The van der Waals surface area contributed by atoms with E-state index >= 15 is 0 Å². The third-order valence-corrected chi connectivity index (χ3v) is 3.77. The first-order valence-corrected chi connectivity index (χ1v) is 6.59. The normalized spacial score (nSPS) is 13.7. The molecule has 0 fully saturated rings. The number of amides is 1. The molecular formula is C11H18ClN3OS. The highest BCUT2D eigenvalue weighted by Gasteiger charge is 2.15. The van der Waals surface area contributed by atoms with Crippen molar-refractivity contribution in [2.75, 3.05) is 11.9 Å². The zero-order valence-electron chi connectivity index (χ0n) is 9.70. The molecule has 4 nitrogen and oxygen atoms in total. The van der Waals surface area contributed by atoms with Crippen molar-refractivity contribution < 1.29 is 4.79 Å². The van der Waals surface area contributed by atoms with Crippen molar-refractivity contribution >= 4 is 34.8 Å². The van der Waals surface area contributed by atoms with Crippen LogP contribution in [0.4, 0.5) is 5.13 Å². The van der Waals surface area contributed by atoms with Gasteiger partial charge in [-0.15, -0.1) is 23.7 Å². The van der Waals surface area contributed by atoms with Crippen LogP contribution in [0.5, 0.6) is 0 Å². The zero-order valence-corrected chi connectivity index (χ0v) is 11.3. The first kappa shape index (κ1) is 14.4. The van der Waals surface area contributed by atoms with E-state index < -0.39 is 0 Å². The number of aryl methyl sites for hydroxylation is 2. The predicted octanol–water partition coefficient (Wildman–Crippen LogP) is 2.12. The predicted molar refractivity (Wildman–Crippen MR) is 72.9 cm³/mol. The molecule has 1 heterocycles. The Morgan fingerprint density at radius 1 is 1.41 bits per heavy atom. The highest BCUT2D eigenvalue weighted by molar-refractivity contribution is 7.15. The zero-order chi connectivity index (χ0) is 11.4. The molecule has 0 spiro atoms. The van der Waals surface area contributed by atoms with Crippen LogP contribution in [0.15, 0.2) is 0 Å². The number of halogens is 1. The standard InChI is InChI=1S/C11H17N3OS.ClH/c12-7-3-6-10(15)14-11-13-8-4-1-2-5-9(8)16-11;/h1-7,12H2,(H,13,14,15);1H. The van der Waals surface area contributed by atoms with Crippen LogP contribution in [-0.4, -0.2) is 17.4 Å². The van der Waals surface area contributed by atoms with Gasteiger partial charge in [0.05, 0.1) is 5.69 Å². The topological polar surface area (TPSA) is 68.0 Å². The highest BCUT2D eigenvalue weighted by atomic mass is 35.5. The lowest BCUT2D eigenvalue weighted by Gasteiger charge is -2.06. The Morgan fingerprint density at radius 2 is 2.18 bits per heavy atom. The fraction of sp³-hybridized carbons (Fsp3) is 0.636. The Kier molecular flexibility index (Phi) is 5.88. The van der Waals surface area contributed by atoms with Crippen molar-refractivity contribution in [1.29, 1.82) is 0 Å². The fourth-order valence-corrected chi connectivity index (χ4v) is 2.92. The summed E-state index contributed by atoms with van der Waals surface area (Å²) in [6.45, 7) is 0.557. The number of hydrogen-bond donors (Lipinski definition) is 2. The number of fused-ring (bicyclic) bond motifs is 1. The number of aromatic nitrogens is 1. The van der Waals surface area contributed by atoms with Crippen LogP contribution in [0.3, 0.4) is 0 Å². The van der Waals surface area contributed by atoms with Gasteiger partial charge in [-0.1, -0.05) is 0 Å². The molecule has 1 amide bonds. The van der Waals surface area contributed by atoms with Crippen LogP contribution < -0.4 is 11.1 Å². The monoisotopic (exact) mass is 275 g/mol. The van der Waals surface area contributed by atoms with E-state index in [-0.39, 0.29) is 18.3 Å². The molecule has 0 aliphatic heterocycles. The Morgan fingerprint density at radius 3 is 2.88 bits per heavy atom. The van der Waals surface area contributed by atoms with E-state index in [1.54, 1.807) is 11.3 Å². The first-order chi connectivity index (χ1) is 7.79. The number of nitrogens with two attached hydrogens (primary N) is 1. The maximum Gasteiger partial charge on any atom is 0.226 e. The minimum absolute atomic E-state index is 0. The van der Waals surface area contributed by atoms with Gasteiger partial charge < -0.3 is 11.1 Å². The second-order valence-corrected chi connectivity index (χ2v) is 5.12. The molecule has 2 rings (SSSR count). The molecule has 0 unspecified atom stereocenters. The van der Waals surface area contributed by atoms with Crippen molar-refractivity contribution in [3.63, 3.8) is 0 Å². The number of nitrogens with zero attached hydrogens (tertiary/aromatic N) is 1. The molecule has 1 aromatic rings. The van der Waals surface area contributed by atoms with Crippen LogP contribution in [0.25, 0.3) is 0 Å². The largest absolute Gasteiger partial charge is 0.330 e. The number of thiazole rings is 1. The smallest absolute Gasteiger partial charge is 0.226 e. The van der Waals surface area contributed by atoms with Crippen molar-refractivity contribution in [1.82, 2.24) is 4.98 Å². The molecule has 0 saturated carbocycles. The van der Waals surface area contributed by atoms with Gasteiger partial charge in [0.1, 0.15) is 0 Å². The number of nitrogens with one attached hydrogen (secondary N) is 1. The summed E-state index contributed by atoms with van der Waals surface area (Å²) in [7, 11) is 0. The molecule has 0 saturated heterocycles. The van der Waals surface area contributed by atoms with Crippen molar-refractivity contribution in [3.05, 3.63) is 10.6 Å². The van der Waals surface area contributed by atoms with Gasteiger partial charge in [0, 0.05) is 11.3 Å². The third kappa shape index (κ3) is 3.94. The maximum atomic E-state index is 11.5. The lowest BCUT2D eigenvalue weighted by Crippen LogP contribution is -2.13. The number of carbonyl (C=O) groups is 1. The Labute approximate surface area is 111 Å². The van der Waals surface area contributed by atoms with Gasteiger partial charge in [0.15, 0.2) is 5.13 Å². The quantitative estimate of drug-likeness (QED) is 0.884. The number of anilines is 1. The summed E-state index contributed by atoms with van der Waals surface area (Å²) >= 11 is 1.62. The maximum absolute atomic E-state index is 11.5. The summed E-state index contributed by atoms with van der Waals surface area (Å²) in [5.41, 5.74) is 6.54. The van der Waals surface area contributed by atoms with E-state index in [4.69, 9.17) is 5.73 Å². The van der Waals surface area contributed by atoms with Gasteiger partial charge in [0.2, 0.25) is 5.91 Å². The van der Waals surface area contributed by atoms with Crippen LogP contribution >= 0.6 is 23.7 Å². The Bertz CT molecular complexity index is 357. The molecule has 0 bridgehead atoms. The molecule has 1 aliphatic rings. The molecule has 0 atom stereocenters. The van der Waals surface area contributed by atoms with E-state index in [9.17, 15) is 4.79 Å².